The second-order valence-electron chi connectivity index (χ2n) is 13.9. The van der Waals surface area contributed by atoms with Crippen molar-refractivity contribution in [3.63, 3.8) is 0 Å². The summed E-state index contributed by atoms with van der Waals surface area (Å²) in [5.74, 6) is 0.491. The van der Waals surface area contributed by atoms with E-state index in [0.29, 0.717) is 30.1 Å². The van der Waals surface area contributed by atoms with E-state index in [1.54, 1.807) is 0 Å². The van der Waals surface area contributed by atoms with Gasteiger partial charge in [0, 0.05) is 5.92 Å². The number of esters is 1. The van der Waals surface area contributed by atoms with Gasteiger partial charge >= 0.3 is 11.9 Å². The Kier molecular flexibility index (Phi) is 8.70. The maximum absolute atomic E-state index is 12.7. The van der Waals surface area contributed by atoms with Crippen LogP contribution in [0.25, 0.3) is 0 Å². The van der Waals surface area contributed by atoms with Crippen LogP contribution in [0, 0.1) is 40.4 Å². The van der Waals surface area contributed by atoms with Gasteiger partial charge in [0.15, 0.2) is 0 Å². The van der Waals surface area contributed by atoms with E-state index in [-0.39, 0.29) is 41.8 Å². The van der Waals surface area contributed by atoms with Crippen LogP contribution in [0.2, 0.25) is 0 Å². The van der Waals surface area contributed by atoms with Crippen molar-refractivity contribution in [2.45, 2.75) is 142 Å². The van der Waals surface area contributed by atoms with Crippen molar-refractivity contribution in [1.29, 1.82) is 0 Å². The highest BCUT2D eigenvalue weighted by atomic mass is 16.5. The van der Waals surface area contributed by atoms with Crippen molar-refractivity contribution in [2.24, 2.45) is 40.4 Å². The number of unbranched alkanes of at least 4 members (excludes halogenated alkanes) is 3. The molecule has 0 spiro atoms. The van der Waals surface area contributed by atoms with Crippen molar-refractivity contribution in [1.82, 2.24) is 0 Å². The van der Waals surface area contributed by atoms with Gasteiger partial charge in [0.1, 0.15) is 6.10 Å². The number of aliphatic carboxylic acids is 1. The van der Waals surface area contributed by atoms with Crippen molar-refractivity contribution >= 4 is 11.9 Å². The minimum Gasteiger partial charge on any atom is -0.481 e. The zero-order valence-electron chi connectivity index (χ0n) is 23.7. The zero-order chi connectivity index (χ0) is 27.0. The second kappa shape index (κ2) is 11.2. The van der Waals surface area contributed by atoms with Crippen LogP contribution < -0.4 is 0 Å². The van der Waals surface area contributed by atoms with Gasteiger partial charge in [0.2, 0.25) is 0 Å². The predicted molar refractivity (Wildman–Crippen MR) is 143 cm³/mol. The van der Waals surface area contributed by atoms with Gasteiger partial charge in [-0.1, -0.05) is 46.5 Å². The first-order valence-electron chi connectivity index (χ1n) is 15.2. The lowest BCUT2D eigenvalue weighted by molar-refractivity contribution is -0.197. The Morgan fingerprint density at radius 2 is 1.62 bits per heavy atom. The number of ether oxygens (including phenoxy) is 1. The molecule has 10 atom stereocenters. The summed E-state index contributed by atoms with van der Waals surface area (Å²) in [6, 6.07) is 0. The third-order valence-electron chi connectivity index (χ3n) is 11.7. The van der Waals surface area contributed by atoms with Crippen LogP contribution in [0.15, 0.2) is 0 Å². The third-order valence-corrected chi connectivity index (χ3v) is 11.7. The lowest BCUT2D eigenvalue weighted by Gasteiger charge is -2.63. The smallest absolute Gasteiger partial charge is 0.306 e. The van der Waals surface area contributed by atoms with Gasteiger partial charge in [-0.05, 0) is 99.2 Å². The summed E-state index contributed by atoms with van der Waals surface area (Å²) in [5.41, 5.74) is -0.546. The van der Waals surface area contributed by atoms with Gasteiger partial charge in [0.05, 0.1) is 24.5 Å². The Labute approximate surface area is 223 Å². The first-order chi connectivity index (χ1) is 17.4. The molecule has 6 nitrogen and oxygen atoms in total. The Balaban J connectivity index is 1.55. The minimum atomic E-state index is -0.986. The monoisotopic (exact) mass is 520 g/mol. The maximum Gasteiger partial charge on any atom is 0.306 e. The summed E-state index contributed by atoms with van der Waals surface area (Å²) in [6.07, 6.45) is 12.3. The number of hydrogen-bond acceptors (Lipinski definition) is 5. The van der Waals surface area contributed by atoms with Crippen LogP contribution in [-0.2, 0) is 14.3 Å². The Morgan fingerprint density at radius 1 is 0.919 bits per heavy atom. The molecule has 0 aromatic heterocycles. The molecule has 0 heterocycles. The minimum absolute atomic E-state index is 0.0159. The van der Waals surface area contributed by atoms with Crippen molar-refractivity contribution in [2.75, 3.05) is 0 Å². The lowest BCUT2D eigenvalue weighted by atomic mass is 9.43. The molecule has 0 radical (unpaired) electrons. The van der Waals surface area contributed by atoms with E-state index in [1.807, 2.05) is 0 Å². The average Bonchev–Trinajstić information content (AvgIpc) is 3.20. The lowest BCUT2D eigenvalue weighted by Crippen LogP contribution is -2.59. The standard InChI is InChI=1S/C31H52O6/c1-5-6-7-8-15-31(4,36)26-10-9-22-21-19-25(37-28(35)12-11-27(33)34)24-18-20(32)13-16-29(24,2)23(21)14-17-30(22,26)3/h20-26,32,36H,5-19H2,1-4H3,(H,33,34)/t20-,21-,22-,23-,24+,25-,26-,29+,30-,31?/m0/s1. The van der Waals surface area contributed by atoms with Crippen LogP contribution in [0.3, 0.4) is 0 Å². The third kappa shape index (κ3) is 5.62. The molecule has 4 fully saturated rings. The van der Waals surface area contributed by atoms with E-state index in [0.717, 1.165) is 57.8 Å². The summed E-state index contributed by atoms with van der Waals surface area (Å²) in [7, 11) is 0. The molecule has 37 heavy (non-hydrogen) atoms. The van der Waals surface area contributed by atoms with Gasteiger partial charge in [-0.3, -0.25) is 9.59 Å². The Morgan fingerprint density at radius 3 is 2.32 bits per heavy atom. The summed E-state index contributed by atoms with van der Waals surface area (Å²) in [4.78, 5) is 23.7. The number of fused-ring (bicyclic) bond motifs is 5. The van der Waals surface area contributed by atoms with Crippen LogP contribution >= 0.6 is 0 Å². The van der Waals surface area contributed by atoms with E-state index in [9.17, 15) is 19.8 Å². The highest BCUT2D eigenvalue weighted by molar-refractivity contribution is 5.76. The molecular formula is C31H52O6. The number of aliphatic hydroxyl groups is 2. The maximum atomic E-state index is 12.7. The van der Waals surface area contributed by atoms with E-state index in [2.05, 4.69) is 27.7 Å². The summed E-state index contributed by atoms with van der Waals surface area (Å²) in [5, 5.41) is 31.3. The fourth-order valence-electron chi connectivity index (χ4n) is 9.92. The molecule has 0 aromatic rings. The molecule has 0 bridgehead atoms. The molecule has 1 unspecified atom stereocenters. The molecule has 6 heteroatoms. The fraction of sp³-hybridized carbons (Fsp3) is 0.935. The summed E-state index contributed by atoms with van der Waals surface area (Å²) < 4.78 is 6.06. The van der Waals surface area contributed by atoms with Gasteiger partial charge < -0.3 is 20.1 Å². The largest absolute Gasteiger partial charge is 0.481 e. The van der Waals surface area contributed by atoms with Crippen LogP contribution in [0.5, 0.6) is 0 Å². The highest BCUT2D eigenvalue weighted by Gasteiger charge is 2.64. The highest BCUT2D eigenvalue weighted by Crippen LogP contribution is 2.69. The van der Waals surface area contributed by atoms with Crippen molar-refractivity contribution < 1.29 is 29.6 Å². The molecule has 3 N–H and O–H groups in total. The van der Waals surface area contributed by atoms with E-state index in [4.69, 9.17) is 9.84 Å². The number of carbonyl (C=O) groups is 2. The molecule has 4 saturated carbocycles. The van der Waals surface area contributed by atoms with E-state index < -0.39 is 17.5 Å². The van der Waals surface area contributed by atoms with Gasteiger partial charge in [-0.2, -0.15) is 0 Å². The van der Waals surface area contributed by atoms with E-state index >= 15 is 0 Å². The SMILES string of the molecule is CCCCCCC(C)(O)[C@H]1CC[C@H]2[C@@H]3C[C@H](OC(=O)CCC(=O)O)[C@H]4C[C@@H](O)CC[C@]4(C)[C@H]3CC[C@]12C. The fourth-order valence-corrected chi connectivity index (χ4v) is 9.92. The zero-order valence-corrected chi connectivity index (χ0v) is 23.7. The normalized spacial score (nSPS) is 42.7. The number of carboxylic acids is 1. The van der Waals surface area contributed by atoms with Crippen molar-refractivity contribution in [3.05, 3.63) is 0 Å². The van der Waals surface area contributed by atoms with Crippen LogP contribution in [-0.4, -0.2) is 45.1 Å². The van der Waals surface area contributed by atoms with Gasteiger partial charge in [0.25, 0.3) is 0 Å². The quantitative estimate of drug-likeness (QED) is 0.237. The number of aliphatic hydroxyl groups excluding tert-OH is 1. The van der Waals surface area contributed by atoms with Crippen molar-refractivity contribution in [3.8, 4) is 0 Å². The first-order valence-corrected chi connectivity index (χ1v) is 15.2. The van der Waals surface area contributed by atoms with Crippen LogP contribution in [0.1, 0.15) is 124 Å². The first kappa shape index (κ1) is 28.9. The molecule has 0 aliphatic heterocycles. The summed E-state index contributed by atoms with van der Waals surface area (Å²) in [6.45, 7) is 9.10. The van der Waals surface area contributed by atoms with Gasteiger partial charge in [-0.15, -0.1) is 0 Å². The molecule has 4 aliphatic rings. The molecule has 212 valence electrons. The molecular weight excluding hydrogens is 468 g/mol. The van der Waals surface area contributed by atoms with E-state index in [1.165, 1.54) is 19.3 Å². The summed E-state index contributed by atoms with van der Waals surface area (Å²) >= 11 is 0. The Bertz CT molecular complexity index is 825. The molecule has 4 rings (SSSR count). The number of rotatable bonds is 10. The molecule has 4 aliphatic carbocycles. The second-order valence-corrected chi connectivity index (χ2v) is 13.9. The number of carboxylic acid groups (broad SMARTS) is 1. The Hall–Kier alpha value is -1.14. The number of hydrogen-bond donors (Lipinski definition) is 3. The van der Waals surface area contributed by atoms with Gasteiger partial charge in [-0.25, -0.2) is 0 Å². The predicted octanol–water partition coefficient (Wildman–Crippen LogP) is 6.11. The molecule has 0 amide bonds. The number of carbonyl (C=O) groups excluding carboxylic acids is 1. The topological polar surface area (TPSA) is 104 Å². The molecule has 0 saturated heterocycles. The van der Waals surface area contributed by atoms with Crippen LogP contribution in [0.4, 0.5) is 0 Å². The molecule has 0 aromatic carbocycles. The average molecular weight is 521 g/mol.